The first-order valence-electron chi connectivity index (χ1n) is 2.14. The predicted molar refractivity (Wildman–Crippen MR) is 60.3 cm³/mol. The van der Waals surface area contributed by atoms with Gasteiger partial charge in [-0.2, -0.15) is 0 Å². The molecule has 0 bridgehead atoms. The van der Waals surface area contributed by atoms with Crippen LogP contribution < -0.4 is 18.0 Å². The average molecular weight is 229 g/mol. The molecule has 0 saturated heterocycles. The van der Waals surface area contributed by atoms with Gasteiger partial charge in [-0.25, -0.2) is 0 Å². The van der Waals surface area contributed by atoms with Gasteiger partial charge in [-0.3, -0.25) is 0 Å². The van der Waals surface area contributed by atoms with Gasteiger partial charge in [0.15, 0.2) is 0 Å². The molecule has 6 heteroatoms. The highest BCUT2D eigenvalue weighted by atomic mass is 35.5. The van der Waals surface area contributed by atoms with Crippen LogP contribution in [0.15, 0.2) is 12.7 Å². The van der Waals surface area contributed by atoms with E-state index < -0.39 is 0 Å². The Morgan fingerprint density at radius 3 is 1.55 bits per heavy atom. The van der Waals surface area contributed by atoms with Gasteiger partial charge in [0.2, 0.25) is 0 Å². The maximum Gasteiger partial charge on any atom is 0.00449 e. The SMILES string of the molecule is C=CCC(C)N.Cl.Cl.Cl.N.N. The van der Waals surface area contributed by atoms with Gasteiger partial charge in [0.05, 0.1) is 0 Å². The Kier molecular flexibility index (Phi) is 120. The van der Waals surface area contributed by atoms with Gasteiger partial charge in [-0.1, -0.05) is 6.08 Å². The van der Waals surface area contributed by atoms with Crippen molar-refractivity contribution in [1.82, 2.24) is 12.3 Å². The van der Waals surface area contributed by atoms with Gasteiger partial charge < -0.3 is 18.0 Å². The summed E-state index contributed by atoms with van der Waals surface area (Å²) in [4.78, 5) is 0. The number of rotatable bonds is 2. The van der Waals surface area contributed by atoms with E-state index in [0.717, 1.165) is 6.42 Å². The van der Waals surface area contributed by atoms with Crippen LogP contribution in [0, 0.1) is 0 Å². The van der Waals surface area contributed by atoms with E-state index in [1.165, 1.54) is 0 Å². The standard InChI is InChI=1S/C5H11N.3ClH.2H3N/c1-3-4-5(2)6;;;;;/h3,5H,1,4,6H2,2H3;3*1H;2*1H3. The molecule has 0 aliphatic heterocycles. The Labute approximate surface area is 87.6 Å². The number of nitrogens with two attached hydrogens (primary N) is 1. The number of hydrogen-bond donors (Lipinski definition) is 3. The van der Waals surface area contributed by atoms with Crippen LogP contribution in [0.5, 0.6) is 0 Å². The Balaban J connectivity index is -0.0000000125. The lowest BCUT2D eigenvalue weighted by Gasteiger charge is -1.93. The molecule has 76 valence electrons. The van der Waals surface area contributed by atoms with E-state index in [1.807, 2.05) is 13.0 Å². The summed E-state index contributed by atoms with van der Waals surface area (Å²) in [7, 11) is 0. The fourth-order valence-electron chi connectivity index (χ4n) is 0.263. The van der Waals surface area contributed by atoms with E-state index in [-0.39, 0.29) is 55.6 Å². The lowest BCUT2D eigenvalue weighted by Crippen LogP contribution is -2.12. The molecule has 0 aromatic rings. The van der Waals surface area contributed by atoms with Crippen molar-refractivity contribution in [1.29, 1.82) is 0 Å². The van der Waals surface area contributed by atoms with E-state index in [2.05, 4.69) is 6.58 Å². The van der Waals surface area contributed by atoms with Crippen LogP contribution >= 0.6 is 37.2 Å². The summed E-state index contributed by atoms with van der Waals surface area (Å²) >= 11 is 0. The van der Waals surface area contributed by atoms with Gasteiger partial charge in [0, 0.05) is 6.04 Å². The lowest BCUT2D eigenvalue weighted by atomic mass is 10.3. The molecule has 3 nitrogen and oxygen atoms in total. The summed E-state index contributed by atoms with van der Waals surface area (Å²) in [6.45, 7) is 5.48. The summed E-state index contributed by atoms with van der Waals surface area (Å²) < 4.78 is 0. The van der Waals surface area contributed by atoms with Crippen molar-refractivity contribution >= 4 is 37.2 Å². The second-order valence-electron chi connectivity index (χ2n) is 1.50. The van der Waals surface area contributed by atoms with Gasteiger partial charge in [-0.05, 0) is 13.3 Å². The van der Waals surface area contributed by atoms with Crippen molar-refractivity contribution < 1.29 is 0 Å². The van der Waals surface area contributed by atoms with Crippen LogP contribution in [0.3, 0.4) is 0 Å². The van der Waals surface area contributed by atoms with E-state index in [1.54, 1.807) is 0 Å². The Hall–Kier alpha value is 0.490. The normalized spacial score (nSPS) is 7.45. The van der Waals surface area contributed by atoms with Gasteiger partial charge in [-0.15, -0.1) is 43.8 Å². The van der Waals surface area contributed by atoms with E-state index in [4.69, 9.17) is 5.73 Å². The monoisotopic (exact) mass is 227 g/mol. The maximum absolute atomic E-state index is 5.33. The molecule has 0 aromatic carbocycles. The fourth-order valence-corrected chi connectivity index (χ4v) is 0.263. The average Bonchev–Trinajstić information content (AvgIpc) is 1.35. The molecule has 0 fully saturated rings. The van der Waals surface area contributed by atoms with Crippen molar-refractivity contribution in [2.45, 2.75) is 19.4 Å². The summed E-state index contributed by atoms with van der Waals surface area (Å²) in [6.07, 6.45) is 2.74. The second kappa shape index (κ2) is 31.3. The summed E-state index contributed by atoms with van der Waals surface area (Å²) in [5.74, 6) is 0. The van der Waals surface area contributed by atoms with Crippen molar-refractivity contribution in [2.75, 3.05) is 0 Å². The van der Waals surface area contributed by atoms with Crippen molar-refractivity contribution in [3.05, 3.63) is 12.7 Å². The molecule has 0 aromatic heterocycles. The minimum atomic E-state index is 0. The first kappa shape index (κ1) is 41.9. The van der Waals surface area contributed by atoms with Crippen molar-refractivity contribution in [2.24, 2.45) is 5.73 Å². The minimum Gasteiger partial charge on any atom is -0.344 e. The highest BCUT2D eigenvalue weighted by Gasteiger charge is 1.82. The van der Waals surface area contributed by atoms with E-state index in [0.29, 0.717) is 0 Å². The first-order valence-corrected chi connectivity index (χ1v) is 2.14. The molecule has 0 heterocycles. The highest BCUT2D eigenvalue weighted by molar-refractivity contribution is 5.86. The van der Waals surface area contributed by atoms with Crippen LogP contribution in [0.25, 0.3) is 0 Å². The summed E-state index contributed by atoms with van der Waals surface area (Å²) in [6, 6.07) is 0.280. The van der Waals surface area contributed by atoms with E-state index >= 15 is 0 Å². The Morgan fingerprint density at radius 2 is 1.55 bits per heavy atom. The van der Waals surface area contributed by atoms with Gasteiger partial charge in [0.1, 0.15) is 0 Å². The van der Waals surface area contributed by atoms with Crippen LogP contribution in [0.4, 0.5) is 0 Å². The molecular weight excluding hydrogens is 208 g/mol. The van der Waals surface area contributed by atoms with Crippen LogP contribution in [-0.2, 0) is 0 Å². The molecule has 0 aliphatic carbocycles. The number of halogens is 3. The smallest absolute Gasteiger partial charge is 0.00449 e. The Bertz CT molecular complexity index is 52.2. The lowest BCUT2D eigenvalue weighted by molar-refractivity contribution is 0.758. The zero-order valence-corrected chi connectivity index (χ0v) is 9.23. The van der Waals surface area contributed by atoms with Crippen molar-refractivity contribution in [3.63, 3.8) is 0 Å². The Morgan fingerprint density at radius 1 is 1.27 bits per heavy atom. The highest BCUT2D eigenvalue weighted by Crippen LogP contribution is 1.82. The van der Waals surface area contributed by atoms with Crippen molar-refractivity contribution in [3.8, 4) is 0 Å². The van der Waals surface area contributed by atoms with Gasteiger partial charge >= 0.3 is 0 Å². The van der Waals surface area contributed by atoms with Crippen LogP contribution in [0.2, 0.25) is 0 Å². The quantitative estimate of drug-likeness (QED) is 0.634. The molecule has 11 heavy (non-hydrogen) atoms. The fraction of sp³-hybridized carbons (Fsp3) is 0.600. The summed E-state index contributed by atoms with van der Waals surface area (Å²) in [5, 5.41) is 0. The third-order valence-corrected chi connectivity index (χ3v) is 0.538. The molecule has 1 unspecified atom stereocenters. The third-order valence-electron chi connectivity index (χ3n) is 0.538. The molecule has 0 rings (SSSR count). The molecule has 1 atom stereocenters. The minimum absolute atomic E-state index is 0. The molecule has 0 spiro atoms. The molecule has 0 radical (unpaired) electrons. The predicted octanol–water partition coefficient (Wildman–Crippen LogP) is 2.50. The molecule has 0 saturated carbocycles. The van der Waals surface area contributed by atoms with E-state index in [9.17, 15) is 0 Å². The zero-order chi connectivity index (χ0) is 4.99. The third kappa shape index (κ3) is 62.1. The van der Waals surface area contributed by atoms with Gasteiger partial charge in [0.25, 0.3) is 0 Å². The molecule has 0 amide bonds. The van der Waals surface area contributed by atoms with Crippen LogP contribution in [-0.4, -0.2) is 6.04 Å². The molecular formula is C5H20Cl3N3. The molecule has 0 aliphatic rings. The van der Waals surface area contributed by atoms with Crippen LogP contribution in [0.1, 0.15) is 13.3 Å². The second-order valence-corrected chi connectivity index (χ2v) is 1.50. The number of hydrogen-bond acceptors (Lipinski definition) is 3. The largest absolute Gasteiger partial charge is 0.344 e. The maximum atomic E-state index is 5.33. The topological polar surface area (TPSA) is 96.0 Å². The summed E-state index contributed by atoms with van der Waals surface area (Å²) in [5.41, 5.74) is 5.33. The first-order chi connectivity index (χ1) is 2.77. The molecule has 8 N–H and O–H groups in total. The zero-order valence-electron chi connectivity index (χ0n) is 6.79.